The van der Waals surface area contributed by atoms with E-state index in [4.69, 9.17) is 11.6 Å². The number of fused-ring (bicyclic) bond motifs is 2. The number of likely N-dealkylation sites (tertiary alicyclic amines) is 1. The first-order valence-electron chi connectivity index (χ1n) is 11.0. The summed E-state index contributed by atoms with van der Waals surface area (Å²) in [5, 5.41) is 7.47. The van der Waals surface area contributed by atoms with E-state index in [1.165, 1.54) is 0 Å². The van der Waals surface area contributed by atoms with Gasteiger partial charge >= 0.3 is 6.03 Å². The zero-order chi connectivity index (χ0) is 24.0. The first-order valence-corrected chi connectivity index (χ1v) is 11.3. The monoisotopic (exact) mass is 485 g/mol. The summed E-state index contributed by atoms with van der Waals surface area (Å²) in [6.07, 6.45) is 3.02. The summed E-state index contributed by atoms with van der Waals surface area (Å²) in [5.41, 5.74) is 1.80. The van der Waals surface area contributed by atoms with Crippen LogP contribution in [0.15, 0.2) is 48.7 Å². The molecule has 1 aromatic heterocycles. The first-order chi connectivity index (χ1) is 16.3. The molecule has 2 saturated heterocycles. The molecule has 0 aliphatic carbocycles. The molecule has 3 heterocycles. The predicted molar refractivity (Wildman–Crippen MR) is 123 cm³/mol. The topological polar surface area (TPSA) is 70.5 Å². The molecule has 176 valence electrons. The van der Waals surface area contributed by atoms with Gasteiger partial charge in [-0.15, -0.1) is 0 Å². The van der Waals surface area contributed by atoms with Crippen LogP contribution in [0.1, 0.15) is 28.9 Å². The van der Waals surface area contributed by atoms with Gasteiger partial charge in [-0.3, -0.25) is 4.79 Å². The molecular weight excluding hydrogens is 464 g/mol. The standard InChI is InChI=1S/C24H22ClF2N5O2/c1-14-20(11-28-32(14)17-5-2-15(25)3-6-17)23(33)30-12-18-7-8-19(13-30)31(18)24(34)29-22-10-16(26)4-9-21(22)27/h2-6,9-11,18-19H,7-8,12-13H2,1H3,(H,29,34). The molecule has 5 rings (SSSR count). The number of aromatic nitrogens is 2. The average molecular weight is 486 g/mol. The number of anilines is 1. The second-order valence-corrected chi connectivity index (χ2v) is 9.03. The van der Waals surface area contributed by atoms with E-state index in [-0.39, 0.29) is 23.7 Å². The lowest BCUT2D eigenvalue weighted by Gasteiger charge is -2.40. The Morgan fingerprint density at radius 1 is 1.06 bits per heavy atom. The molecule has 2 aliphatic rings. The molecular formula is C24H22ClF2N5O2. The van der Waals surface area contributed by atoms with Crippen LogP contribution >= 0.6 is 11.6 Å². The maximum Gasteiger partial charge on any atom is 0.322 e. The summed E-state index contributed by atoms with van der Waals surface area (Å²) in [6.45, 7) is 2.56. The van der Waals surface area contributed by atoms with Gasteiger partial charge < -0.3 is 15.1 Å². The second-order valence-electron chi connectivity index (χ2n) is 8.59. The van der Waals surface area contributed by atoms with E-state index in [0.717, 1.165) is 36.7 Å². The molecule has 10 heteroatoms. The second kappa shape index (κ2) is 8.72. The first kappa shape index (κ1) is 22.3. The molecule has 1 N–H and O–H groups in total. The minimum atomic E-state index is -0.705. The number of carbonyl (C=O) groups excluding carboxylic acids is 2. The molecule has 2 aliphatic heterocycles. The Morgan fingerprint density at radius 2 is 1.74 bits per heavy atom. The van der Waals surface area contributed by atoms with Gasteiger partial charge in [-0.2, -0.15) is 5.10 Å². The van der Waals surface area contributed by atoms with Crippen LogP contribution < -0.4 is 5.32 Å². The van der Waals surface area contributed by atoms with Gasteiger partial charge in [0.1, 0.15) is 11.6 Å². The van der Waals surface area contributed by atoms with Gasteiger partial charge in [-0.25, -0.2) is 18.3 Å². The van der Waals surface area contributed by atoms with Gasteiger partial charge in [0.2, 0.25) is 0 Å². The highest BCUT2D eigenvalue weighted by Gasteiger charge is 2.44. The van der Waals surface area contributed by atoms with E-state index in [9.17, 15) is 18.4 Å². The van der Waals surface area contributed by atoms with Gasteiger partial charge in [-0.1, -0.05) is 11.6 Å². The zero-order valence-electron chi connectivity index (χ0n) is 18.3. The Balaban J connectivity index is 1.30. The van der Waals surface area contributed by atoms with Gasteiger partial charge in [0.15, 0.2) is 0 Å². The fourth-order valence-electron chi connectivity index (χ4n) is 4.81. The maximum atomic E-state index is 14.0. The summed E-state index contributed by atoms with van der Waals surface area (Å²) in [7, 11) is 0. The van der Waals surface area contributed by atoms with Crippen LogP contribution in [-0.2, 0) is 0 Å². The van der Waals surface area contributed by atoms with Crippen molar-refractivity contribution < 1.29 is 18.4 Å². The van der Waals surface area contributed by atoms with Crippen molar-refractivity contribution in [1.82, 2.24) is 19.6 Å². The molecule has 2 unspecified atom stereocenters. The number of benzene rings is 2. The van der Waals surface area contributed by atoms with Crippen molar-refractivity contribution in [2.75, 3.05) is 18.4 Å². The molecule has 0 spiro atoms. The zero-order valence-corrected chi connectivity index (χ0v) is 19.1. The van der Waals surface area contributed by atoms with E-state index < -0.39 is 17.7 Å². The van der Waals surface area contributed by atoms with Crippen LogP contribution in [-0.4, -0.2) is 56.7 Å². The minimum Gasteiger partial charge on any atom is -0.334 e. The number of nitrogens with zero attached hydrogens (tertiary/aromatic N) is 4. The molecule has 2 aromatic carbocycles. The lowest BCUT2D eigenvalue weighted by atomic mass is 10.1. The van der Waals surface area contributed by atoms with E-state index >= 15 is 0 Å². The lowest BCUT2D eigenvalue weighted by molar-refractivity contribution is 0.0551. The molecule has 3 amide bonds. The van der Waals surface area contributed by atoms with Crippen LogP contribution in [0, 0.1) is 18.6 Å². The summed E-state index contributed by atoms with van der Waals surface area (Å²) < 4.78 is 29.1. The molecule has 0 saturated carbocycles. The summed E-state index contributed by atoms with van der Waals surface area (Å²) in [4.78, 5) is 29.6. The largest absolute Gasteiger partial charge is 0.334 e. The Kier molecular flexibility index (Phi) is 5.73. The molecule has 2 bridgehead atoms. The molecule has 7 nitrogen and oxygen atoms in total. The number of hydrogen-bond donors (Lipinski definition) is 1. The SMILES string of the molecule is Cc1c(C(=O)N2CC3CCC(C2)N3C(=O)Nc2cc(F)ccc2F)cnn1-c1ccc(Cl)cc1. The summed E-state index contributed by atoms with van der Waals surface area (Å²) in [5.74, 6) is -1.49. The number of hydrogen-bond acceptors (Lipinski definition) is 3. The third kappa shape index (κ3) is 4.00. The van der Waals surface area contributed by atoms with Crippen molar-refractivity contribution in [2.45, 2.75) is 31.8 Å². The van der Waals surface area contributed by atoms with Gasteiger partial charge in [0, 0.05) is 24.2 Å². The maximum absolute atomic E-state index is 14.0. The van der Waals surface area contributed by atoms with Gasteiger partial charge in [0.25, 0.3) is 5.91 Å². The van der Waals surface area contributed by atoms with Gasteiger partial charge in [-0.05, 0) is 56.2 Å². The number of rotatable bonds is 3. The van der Waals surface area contributed by atoms with Crippen molar-refractivity contribution in [3.8, 4) is 5.69 Å². The third-order valence-electron chi connectivity index (χ3n) is 6.49. The average Bonchev–Trinajstić information content (AvgIpc) is 3.32. The van der Waals surface area contributed by atoms with Crippen molar-refractivity contribution in [3.05, 3.63) is 76.6 Å². The number of halogens is 3. The molecule has 0 radical (unpaired) electrons. The van der Waals surface area contributed by atoms with Crippen molar-refractivity contribution in [2.24, 2.45) is 0 Å². The van der Waals surface area contributed by atoms with Crippen LogP contribution in [0.2, 0.25) is 5.02 Å². The predicted octanol–water partition coefficient (Wildman–Crippen LogP) is 4.63. The highest BCUT2D eigenvalue weighted by molar-refractivity contribution is 6.30. The van der Waals surface area contributed by atoms with E-state index in [0.29, 0.717) is 29.4 Å². The van der Waals surface area contributed by atoms with Crippen LogP contribution in [0.25, 0.3) is 5.69 Å². The number of piperazine rings is 1. The Labute approximate surface area is 199 Å². The van der Waals surface area contributed by atoms with Crippen molar-refractivity contribution >= 4 is 29.2 Å². The Bertz CT molecular complexity index is 1250. The third-order valence-corrected chi connectivity index (χ3v) is 6.74. The lowest BCUT2D eigenvalue weighted by Crippen LogP contribution is -2.58. The van der Waals surface area contributed by atoms with E-state index in [2.05, 4.69) is 10.4 Å². The van der Waals surface area contributed by atoms with Crippen molar-refractivity contribution in [3.63, 3.8) is 0 Å². The quantitative estimate of drug-likeness (QED) is 0.588. The molecule has 34 heavy (non-hydrogen) atoms. The highest BCUT2D eigenvalue weighted by atomic mass is 35.5. The Morgan fingerprint density at radius 3 is 2.41 bits per heavy atom. The smallest absolute Gasteiger partial charge is 0.322 e. The highest BCUT2D eigenvalue weighted by Crippen LogP contribution is 2.32. The summed E-state index contributed by atoms with van der Waals surface area (Å²) >= 11 is 5.97. The Hall–Kier alpha value is -3.46. The normalized spacial score (nSPS) is 19.4. The van der Waals surface area contributed by atoms with Crippen LogP contribution in [0.4, 0.5) is 19.3 Å². The number of amides is 3. The summed E-state index contributed by atoms with van der Waals surface area (Å²) in [6, 6.07) is 9.21. The minimum absolute atomic E-state index is 0.147. The fraction of sp³-hybridized carbons (Fsp3) is 0.292. The molecule has 3 aromatic rings. The number of urea groups is 1. The molecule has 2 atom stereocenters. The van der Waals surface area contributed by atoms with Gasteiger partial charge in [0.05, 0.1) is 40.9 Å². The number of carbonyl (C=O) groups is 2. The van der Waals surface area contributed by atoms with Crippen LogP contribution in [0.3, 0.4) is 0 Å². The molecule has 2 fully saturated rings. The number of nitrogens with one attached hydrogen (secondary N) is 1. The fourth-order valence-corrected chi connectivity index (χ4v) is 4.93. The van der Waals surface area contributed by atoms with E-state index in [1.54, 1.807) is 32.8 Å². The van der Waals surface area contributed by atoms with Crippen LogP contribution in [0.5, 0.6) is 0 Å². The van der Waals surface area contributed by atoms with Crippen molar-refractivity contribution in [1.29, 1.82) is 0 Å². The van der Waals surface area contributed by atoms with E-state index in [1.807, 2.05) is 19.1 Å².